The zero-order valence-electron chi connectivity index (χ0n) is 14.2. The smallest absolute Gasteiger partial charge is 0.308 e. The van der Waals surface area contributed by atoms with Crippen LogP contribution < -0.4 is 10.5 Å². The van der Waals surface area contributed by atoms with Crippen molar-refractivity contribution in [2.45, 2.75) is 64.3 Å². The first-order valence-corrected chi connectivity index (χ1v) is 9.06. The molecule has 4 rings (SSSR count). The molecule has 0 saturated heterocycles. The molecule has 2 N–H and O–H groups in total. The molecule has 3 heteroatoms. The van der Waals surface area contributed by atoms with E-state index in [9.17, 15) is 4.79 Å². The summed E-state index contributed by atoms with van der Waals surface area (Å²) in [5.41, 5.74) is 9.67. The summed E-state index contributed by atoms with van der Waals surface area (Å²) in [5, 5.41) is 0. The minimum absolute atomic E-state index is 0.126. The molecule has 5 atom stereocenters. The Labute approximate surface area is 138 Å². The number of carbonyl (C=O) groups is 1. The van der Waals surface area contributed by atoms with Crippen LogP contribution in [0.2, 0.25) is 0 Å². The van der Waals surface area contributed by atoms with E-state index in [1.54, 1.807) is 0 Å². The summed E-state index contributed by atoms with van der Waals surface area (Å²) in [6, 6.07) is 6.19. The fourth-order valence-electron chi connectivity index (χ4n) is 5.86. The molecule has 2 fully saturated rings. The van der Waals surface area contributed by atoms with Gasteiger partial charge >= 0.3 is 5.97 Å². The number of esters is 1. The number of hydrogen-bond acceptors (Lipinski definition) is 3. The lowest BCUT2D eigenvalue weighted by atomic mass is 9.55. The molecule has 124 valence electrons. The Morgan fingerprint density at radius 2 is 2.09 bits per heavy atom. The highest BCUT2D eigenvalue weighted by Crippen LogP contribution is 2.61. The summed E-state index contributed by atoms with van der Waals surface area (Å²) in [7, 11) is 0. The molecular weight excluding hydrogens is 286 g/mol. The number of carbonyl (C=O) groups excluding carboxylic acids is 1. The largest absolute Gasteiger partial charge is 0.427 e. The first kappa shape index (κ1) is 15.2. The topological polar surface area (TPSA) is 52.3 Å². The lowest BCUT2D eigenvalue weighted by Gasteiger charge is -2.50. The van der Waals surface area contributed by atoms with Crippen LogP contribution in [0.15, 0.2) is 18.2 Å². The predicted molar refractivity (Wildman–Crippen MR) is 90.2 cm³/mol. The lowest BCUT2D eigenvalue weighted by molar-refractivity contribution is -0.131. The molecular formula is C20H27NO2. The van der Waals surface area contributed by atoms with Gasteiger partial charge in [0.05, 0.1) is 0 Å². The second-order valence-electron chi connectivity index (χ2n) is 8.19. The summed E-state index contributed by atoms with van der Waals surface area (Å²) in [5.74, 6) is 2.53. The van der Waals surface area contributed by atoms with Crippen LogP contribution in [0.4, 0.5) is 0 Å². The van der Waals surface area contributed by atoms with Gasteiger partial charge in [-0.2, -0.15) is 0 Å². The van der Waals surface area contributed by atoms with Crippen LogP contribution in [-0.2, 0) is 4.79 Å². The maximum atomic E-state index is 11.3. The molecule has 2 saturated carbocycles. The van der Waals surface area contributed by atoms with E-state index in [2.05, 4.69) is 19.1 Å². The molecule has 0 spiro atoms. The van der Waals surface area contributed by atoms with E-state index in [0.29, 0.717) is 23.0 Å². The summed E-state index contributed by atoms with van der Waals surface area (Å²) in [4.78, 5) is 11.3. The van der Waals surface area contributed by atoms with E-state index in [-0.39, 0.29) is 12.0 Å². The number of rotatable bonds is 1. The average Bonchev–Trinajstić information content (AvgIpc) is 2.89. The minimum Gasteiger partial charge on any atom is -0.427 e. The average molecular weight is 313 g/mol. The number of hydrogen-bond donors (Lipinski definition) is 1. The van der Waals surface area contributed by atoms with E-state index in [1.165, 1.54) is 50.2 Å². The number of fused-ring (bicyclic) bond motifs is 5. The van der Waals surface area contributed by atoms with E-state index in [1.807, 2.05) is 6.07 Å². The number of ether oxygens (including phenoxy) is 1. The van der Waals surface area contributed by atoms with Crippen LogP contribution in [0.5, 0.6) is 5.75 Å². The van der Waals surface area contributed by atoms with E-state index >= 15 is 0 Å². The minimum atomic E-state index is -0.256. The first-order valence-electron chi connectivity index (χ1n) is 9.06. The van der Waals surface area contributed by atoms with Gasteiger partial charge in [0.15, 0.2) is 0 Å². The lowest BCUT2D eigenvalue weighted by Crippen LogP contribution is -2.41. The van der Waals surface area contributed by atoms with Crippen molar-refractivity contribution >= 4 is 5.97 Å². The summed E-state index contributed by atoms with van der Waals surface area (Å²) >= 11 is 0. The fraction of sp³-hybridized carbons (Fsp3) is 0.650. The standard InChI is InChI=1S/C20H27NO2/c1-12(22)23-13-5-6-15-16(10-13)14-7-9-20(2)8-3-4-18(20)17(14)11-19(15)21/h5-6,10,14,17-19H,3-4,7-9,11,21H2,1-2H3/t14-,17-,18+,19?,20+/m1/s1. The predicted octanol–water partition coefficient (Wildman–Crippen LogP) is 4.32. The van der Waals surface area contributed by atoms with Crippen LogP contribution in [0.25, 0.3) is 0 Å². The highest BCUT2D eigenvalue weighted by atomic mass is 16.5. The maximum absolute atomic E-state index is 11.3. The third-order valence-corrected chi connectivity index (χ3v) is 6.86. The Hall–Kier alpha value is -1.35. The Morgan fingerprint density at radius 3 is 2.87 bits per heavy atom. The molecule has 23 heavy (non-hydrogen) atoms. The third-order valence-electron chi connectivity index (χ3n) is 6.86. The van der Waals surface area contributed by atoms with Gasteiger partial charge in [-0.15, -0.1) is 0 Å². The monoisotopic (exact) mass is 313 g/mol. The molecule has 1 aromatic rings. The van der Waals surface area contributed by atoms with Gasteiger partial charge in [-0.25, -0.2) is 0 Å². The molecule has 0 bridgehead atoms. The zero-order valence-corrected chi connectivity index (χ0v) is 14.2. The molecule has 0 radical (unpaired) electrons. The summed E-state index contributed by atoms with van der Waals surface area (Å²) in [6.45, 7) is 3.95. The van der Waals surface area contributed by atoms with Crippen LogP contribution in [0.3, 0.4) is 0 Å². The highest BCUT2D eigenvalue weighted by Gasteiger charge is 2.51. The molecule has 3 aliphatic carbocycles. The second kappa shape index (κ2) is 5.34. The fourth-order valence-corrected chi connectivity index (χ4v) is 5.86. The first-order chi connectivity index (χ1) is 11.0. The van der Waals surface area contributed by atoms with Crippen LogP contribution in [0.1, 0.15) is 75.5 Å². The van der Waals surface area contributed by atoms with Gasteiger partial charge < -0.3 is 10.5 Å². The molecule has 3 nitrogen and oxygen atoms in total. The van der Waals surface area contributed by atoms with Crippen molar-refractivity contribution in [2.24, 2.45) is 23.0 Å². The Balaban J connectivity index is 1.72. The van der Waals surface area contributed by atoms with Gasteiger partial charge in [0.1, 0.15) is 5.75 Å². The second-order valence-corrected chi connectivity index (χ2v) is 8.19. The van der Waals surface area contributed by atoms with Gasteiger partial charge in [-0.1, -0.05) is 19.4 Å². The van der Waals surface area contributed by atoms with Crippen LogP contribution >= 0.6 is 0 Å². The van der Waals surface area contributed by atoms with Gasteiger partial charge in [0.2, 0.25) is 0 Å². The Bertz CT molecular complexity index is 641. The van der Waals surface area contributed by atoms with Crippen molar-refractivity contribution < 1.29 is 9.53 Å². The van der Waals surface area contributed by atoms with Gasteiger partial charge in [0.25, 0.3) is 0 Å². The zero-order chi connectivity index (χ0) is 16.2. The molecule has 1 unspecified atom stereocenters. The van der Waals surface area contributed by atoms with Gasteiger partial charge in [-0.05, 0) is 78.5 Å². The highest BCUT2D eigenvalue weighted by molar-refractivity contribution is 5.69. The Kier molecular flexibility index (Phi) is 3.53. The molecule has 0 aromatic heterocycles. The van der Waals surface area contributed by atoms with Crippen molar-refractivity contribution in [3.8, 4) is 5.75 Å². The quantitative estimate of drug-likeness (QED) is 0.620. The van der Waals surface area contributed by atoms with Gasteiger partial charge in [0, 0.05) is 13.0 Å². The van der Waals surface area contributed by atoms with E-state index < -0.39 is 0 Å². The number of nitrogens with two attached hydrogens (primary N) is 1. The molecule has 3 aliphatic rings. The molecule has 1 aromatic carbocycles. The summed E-state index contributed by atoms with van der Waals surface area (Å²) in [6.07, 6.45) is 7.82. The van der Waals surface area contributed by atoms with Crippen molar-refractivity contribution in [3.63, 3.8) is 0 Å². The van der Waals surface area contributed by atoms with E-state index in [4.69, 9.17) is 10.5 Å². The van der Waals surface area contributed by atoms with Gasteiger partial charge in [-0.3, -0.25) is 4.79 Å². The maximum Gasteiger partial charge on any atom is 0.308 e. The van der Waals surface area contributed by atoms with Crippen molar-refractivity contribution in [1.82, 2.24) is 0 Å². The third kappa shape index (κ3) is 2.40. The Morgan fingerprint density at radius 1 is 1.26 bits per heavy atom. The molecule has 0 aliphatic heterocycles. The number of benzene rings is 1. The molecule has 0 amide bonds. The van der Waals surface area contributed by atoms with Crippen LogP contribution in [0, 0.1) is 17.3 Å². The van der Waals surface area contributed by atoms with E-state index in [0.717, 1.165) is 12.3 Å². The van der Waals surface area contributed by atoms with Crippen molar-refractivity contribution in [3.05, 3.63) is 29.3 Å². The van der Waals surface area contributed by atoms with Crippen molar-refractivity contribution in [2.75, 3.05) is 0 Å². The normalized spacial score (nSPS) is 38.4. The van der Waals surface area contributed by atoms with Crippen molar-refractivity contribution in [1.29, 1.82) is 0 Å². The SMILES string of the molecule is CC(=O)Oc1ccc2c(c1)[C@H]1CC[C@]3(C)CCC[C@H]3[C@@H]1CC2N. The molecule has 0 heterocycles. The van der Waals surface area contributed by atoms with Crippen LogP contribution in [-0.4, -0.2) is 5.97 Å². The summed E-state index contributed by atoms with van der Waals surface area (Å²) < 4.78 is 5.32.